The van der Waals surface area contributed by atoms with Crippen molar-refractivity contribution in [2.24, 2.45) is 0 Å². The molecule has 1 amide bonds. The van der Waals surface area contributed by atoms with Gasteiger partial charge in [-0.2, -0.15) is 0 Å². The third kappa shape index (κ3) is 6.91. The maximum atomic E-state index is 12.2. The van der Waals surface area contributed by atoms with Crippen molar-refractivity contribution >= 4 is 6.09 Å². The number of hydrogen-bond donors (Lipinski definition) is 1. The first-order valence-electron chi connectivity index (χ1n) is 8.07. The van der Waals surface area contributed by atoms with Crippen LogP contribution >= 0.6 is 0 Å². The summed E-state index contributed by atoms with van der Waals surface area (Å²) in [6, 6.07) is 8.00. The zero-order valence-electron chi connectivity index (χ0n) is 15.2. The van der Waals surface area contributed by atoms with Crippen molar-refractivity contribution in [1.29, 1.82) is 0 Å². The van der Waals surface area contributed by atoms with Crippen molar-refractivity contribution in [3.05, 3.63) is 29.8 Å². The van der Waals surface area contributed by atoms with Crippen LogP contribution in [0.25, 0.3) is 0 Å². The van der Waals surface area contributed by atoms with Crippen molar-refractivity contribution < 1.29 is 14.3 Å². The molecular formula is C18H30N2O3. The number of nitrogens with zero attached hydrogens (tertiary/aromatic N) is 1. The fourth-order valence-corrected chi connectivity index (χ4v) is 2.15. The van der Waals surface area contributed by atoms with Gasteiger partial charge in [0.1, 0.15) is 11.4 Å². The fraction of sp³-hybridized carbons (Fsp3) is 0.611. The second-order valence-corrected chi connectivity index (χ2v) is 6.76. The molecule has 0 fully saturated rings. The van der Waals surface area contributed by atoms with E-state index in [2.05, 4.69) is 5.32 Å². The van der Waals surface area contributed by atoms with Crippen LogP contribution in [-0.2, 0) is 11.3 Å². The van der Waals surface area contributed by atoms with Gasteiger partial charge in [-0.3, -0.25) is 0 Å². The smallest absolute Gasteiger partial charge is 0.410 e. The highest BCUT2D eigenvalue weighted by Crippen LogP contribution is 2.16. The molecule has 0 heterocycles. The van der Waals surface area contributed by atoms with Gasteiger partial charge in [0.05, 0.1) is 7.11 Å². The molecule has 0 saturated carbocycles. The summed E-state index contributed by atoms with van der Waals surface area (Å²) in [4.78, 5) is 14.0. The topological polar surface area (TPSA) is 50.8 Å². The average Bonchev–Trinajstić information content (AvgIpc) is 2.45. The number of carbonyl (C=O) groups is 1. The quantitative estimate of drug-likeness (QED) is 0.781. The molecule has 1 N–H and O–H groups in total. The second kappa shape index (κ2) is 8.77. The molecule has 0 spiro atoms. The van der Waals surface area contributed by atoms with Crippen LogP contribution in [0.5, 0.6) is 5.75 Å². The summed E-state index contributed by atoms with van der Waals surface area (Å²) < 4.78 is 10.8. The van der Waals surface area contributed by atoms with E-state index in [9.17, 15) is 4.79 Å². The Labute approximate surface area is 140 Å². The van der Waals surface area contributed by atoms with Gasteiger partial charge in [0, 0.05) is 31.2 Å². The van der Waals surface area contributed by atoms with Gasteiger partial charge in [0.2, 0.25) is 0 Å². The summed E-state index contributed by atoms with van der Waals surface area (Å²) in [5.41, 5.74) is 0.623. The van der Waals surface area contributed by atoms with Crippen LogP contribution < -0.4 is 10.1 Å². The van der Waals surface area contributed by atoms with Crippen molar-refractivity contribution in [3.63, 3.8) is 0 Å². The molecular weight excluding hydrogens is 292 g/mol. The maximum absolute atomic E-state index is 12.2. The molecule has 0 bridgehead atoms. The molecule has 1 aromatic carbocycles. The maximum Gasteiger partial charge on any atom is 0.410 e. The average molecular weight is 322 g/mol. The van der Waals surface area contributed by atoms with E-state index in [-0.39, 0.29) is 12.1 Å². The van der Waals surface area contributed by atoms with E-state index >= 15 is 0 Å². The lowest BCUT2D eigenvalue weighted by atomic mass is 10.2. The highest BCUT2D eigenvalue weighted by Gasteiger charge is 2.23. The Morgan fingerprint density at radius 1 is 1.26 bits per heavy atom. The Morgan fingerprint density at radius 3 is 2.48 bits per heavy atom. The van der Waals surface area contributed by atoms with Crippen LogP contribution in [0.3, 0.4) is 0 Å². The minimum Gasteiger partial charge on any atom is -0.496 e. The van der Waals surface area contributed by atoms with Crippen LogP contribution in [0, 0.1) is 0 Å². The molecule has 5 heteroatoms. The Hall–Kier alpha value is -1.75. The molecule has 0 aliphatic carbocycles. The highest BCUT2D eigenvalue weighted by molar-refractivity contribution is 5.68. The second-order valence-electron chi connectivity index (χ2n) is 6.76. The zero-order chi connectivity index (χ0) is 17.5. The highest BCUT2D eigenvalue weighted by atomic mass is 16.6. The number of nitrogens with one attached hydrogen (secondary N) is 1. The zero-order valence-corrected chi connectivity index (χ0v) is 15.2. The van der Waals surface area contributed by atoms with Gasteiger partial charge >= 0.3 is 6.09 Å². The first-order chi connectivity index (χ1) is 10.7. The van der Waals surface area contributed by atoms with Crippen LogP contribution in [-0.4, -0.2) is 42.8 Å². The van der Waals surface area contributed by atoms with E-state index < -0.39 is 5.60 Å². The van der Waals surface area contributed by atoms with E-state index in [0.29, 0.717) is 19.6 Å². The predicted molar refractivity (Wildman–Crippen MR) is 92.8 cm³/mol. The normalized spacial score (nSPS) is 11.4. The lowest BCUT2D eigenvalue weighted by Gasteiger charge is -2.30. The lowest BCUT2D eigenvalue weighted by molar-refractivity contribution is 0.0193. The first-order valence-corrected chi connectivity index (χ1v) is 8.07. The molecule has 0 aromatic heterocycles. The van der Waals surface area contributed by atoms with Gasteiger partial charge < -0.3 is 19.7 Å². The molecule has 5 nitrogen and oxygen atoms in total. The lowest BCUT2D eigenvalue weighted by Crippen LogP contribution is -2.44. The summed E-state index contributed by atoms with van der Waals surface area (Å²) in [7, 11) is 1.67. The molecule has 23 heavy (non-hydrogen) atoms. The Kier molecular flexibility index (Phi) is 7.36. The van der Waals surface area contributed by atoms with Crippen molar-refractivity contribution in [3.8, 4) is 5.75 Å². The van der Waals surface area contributed by atoms with E-state index in [0.717, 1.165) is 11.3 Å². The summed E-state index contributed by atoms with van der Waals surface area (Å²) >= 11 is 0. The minimum absolute atomic E-state index is 0.0953. The van der Waals surface area contributed by atoms with Crippen molar-refractivity contribution in [2.75, 3.05) is 20.2 Å². The van der Waals surface area contributed by atoms with E-state index in [1.54, 1.807) is 12.0 Å². The fourth-order valence-electron chi connectivity index (χ4n) is 2.15. The van der Waals surface area contributed by atoms with Gasteiger partial charge in [-0.1, -0.05) is 18.2 Å². The van der Waals surface area contributed by atoms with Gasteiger partial charge in [-0.25, -0.2) is 4.79 Å². The number of para-hydroxylation sites is 1. The number of benzene rings is 1. The van der Waals surface area contributed by atoms with E-state index in [4.69, 9.17) is 9.47 Å². The predicted octanol–water partition coefficient (Wildman–Crippen LogP) is 3.43. The van der Waals surface area contributed by atoms with Crippen LogP contribution in [0.1, 0.15) is 40.2 Å². The molecule has 0 unspecified atom stereocenters. The number of carbonyl (C=O) groups excluding carboxylic acids is 1. The van der Waals surface area contributed by atoms with Crippen molar-refractivity contribution in [1.82, 2.24) is 10.2 Å². The van der Waals surface area contributed by atoms with Crippen LogP contribution in [0.2, 0.25) is 0 Å². The summed E-state index contributed by atoms with van der Waals surface area (Å²) in [5, 5.41) is 3.35. The largest absolute Gasteiger partial charge is 0.496 e. The summed E-state index contributed by atoms with van der Waals surface area (Å²) in [5.74, 6) is 0.868. The minimum atomic E-state index is -0.477. The van der Waals surface area contributed by atoms with Crippen molar-refractivity contribution in [2.45, 2.75) is 52.8 Å². The molecule has 1 aromatic rings. The number of ether oxygens (including phenoxy) is 2. The number of rotatable bonds is 7. The third-order valence-corrected chi connectivity index (χ3v) is 3.29. The SMILES string of the molecule is COc1ccccc1CNCCN(C(=O)OC(C)(C)C)C(C)C. The Morgan fingerprint density at radius 2 is 1.91 bits per heavy atom. The van der Waals surface area contributed by atoms with Gasteiger partial charge in [-0.15, -0.1) is 0 Å². The molecule has 0 radical (unpaired) electrons. The van der Waals surface area contributed by atoms with Gasteiger partial charge in [-0.05, 0) is 40.7 Å². The van der Waals surface area contributed by atoms with Crippen LogP contribution in [0.4, 0.5) is 4.79 Å². The number of hydrogen-bond acceptors (Lipinski definition) is 4. The van der Waals surface area contributed by atoms with Gasteiger partial charge in [0.15, 0.2) is 0 Å². The molecule has 130 valence electrons. The molecule has 0 saturated heterocycles. The molecule has 1 rings (SSSR count). The van der Waals surface area contributed by atoms with Gasteiger partial charge in [0.25, 0.3) is 0 Å². The number of amides is 1. The molecule has 0 aliphatic heterocycles. The Balaban J connectivity index is 2.49. The molecule has 0 aliphatic rings. The number of methoxy groups -OCH3 is 1. The summed E-state index contributed by atoms with van der Waals surface area (Å²) in [6.07, 6.45) is -0.272. The third-order valence-electron chi connectivity index (χ3n) is 3.29. The monoisotopic (exact) mass is 322 g/mol. The van der Waals surface area contributed by atoms with E-state index in [1.165, 1.54) is 0 Å². The summed E-state index contributed by atoms with van der Waals surface area (Å²) in [6.45, 7) is 11.6. The van der Waals surface area contributed by atoms with E-state index in [1.807, 2.05) is 58.9 Å². The van der Waals surface area contributed by atoms with Crippen LogP contribution in [0.15, 0.2) is 24.3 Å². The Bertz CT molecular complexity index is 495. The standard InChI is InChI=1S/C18H30N2O3/c1-14(2)20(17(21)23-18(3,4)5)12-11-19-13-15-9-7-8-10-16(15)22-6/h7-10,14,19H,11-13H2,1-6H3. The molecule has 0 atom stereocenters. The first kappa shape index (κ1) is 19.3.